The van der Waals surface area contributed by atoms with E-state index in [1.54, 1.807) is 27.2 Å². The highest BCUT2D eigenvalue weighted by atomic mass is 32.2. The maximum Gasteiger partial charge on any atom is 0.267 e. The molecule has 0 saturated carbocycles. The molecule has 0 aliphatic heterocycles. The summed E-state index contributed by atoms with van der Waals surface area (Å²) in [6.45, 7) is 1.86. The van der Waals surface area contributed by atoms with E-state index in [2.05, 4.69) is 10.5 Å². The quantitative estimate of drug-likeness (QED) is 0.177. The molecule has 0 saturated heterocycles. The van der Waals surface area contributed by atoms with Crippen molar-refractivity contribution in [3.8, 4) is 5.69 Å². The first-order valence-corrected chi connectivity index (χ1v) is 13.4. The molecule has 168 valence electrons. The third kappa shape index (κ3) is 4.53. The number of para-hydroxylation sites is 1. The topological polar surface area (TPSA) is 76.3 Å². The van der Waals surface area contributed by atoms with Crippen LogP contribution >= 0.6 is 34.4 Å². The monoisotopic (exact) mass is 494 g/mol. The van der Waals surface area contributed by atoms with E-state index < -0.39 is 0 Å². The number of hydrazone groups is 1. The van der Waals surface area contributed by atoms with Gasteiger partial charge in [0.1, 0.15) is 4.83 Å². The molecular formula is C24H22N4O2S3. The molecule has 0 fully saturated rings. The average molecular weight is 495 g/mol. The fourth-order valence-electron chi connectivity index (χ4n) is 3.94. The van der Waals surface area contributed by atoms with Gasteiger partial charge in [-0.3, -0.25) is 14.2 Å². The van der Waals surface area contributed by atoms with Crippen LogP contribution in [0.1, 0.15) is 35.1 Å². The lowest BCUT2D eigenvalue weighted by Gasteiger charge is -2.13. The lowest BCUT2D eigenvalue weighted by Crippen LogP contribution is -2.24. The summed E-state index contributed by atoms with van der Waals surface area (Å²) >= 11 is 4.45. The Morgan fingerprint density at radius 1 is 1.18 bits per heavy atom. The molecule has 1 amide bonds. The number of amides is 1. The van der Waals surface area contributed by atoms with Crippen molar-refractivity contribution in [1.29, 1.82) is 0 Å². The molecule has 3 heterocycles. The summed E-state index contributed by atoms with van der Waals surface area (Å²) < 4.78 is 1.64. The molecule has 4 aromatic rings. The first-order chi connectivity index (χ1) is 16.1. The van der Waals surface area contributed by atoms with Gasteiger partial charge in [0.25, 0.3) is 11.5 Å². The molecule has 9 heteroatoms. The predicted octanol–water partition coefficient (Wildman–Crippen LogP) is 5.02. The number of thiophene rings is 2. The number of carbonyl (C=O) groups is 1. The third-order valence-corrected chi connectivity index (χ3v) is 8.63. The summed E-state index contributed by atoms with van der Waals surface area (Å²) in [4.78, 5) is 34.1. The Bertz CT molecular complexity index is 1390. The zero-order chi connectivity index (χ0) is 22.8. The fraction of sp³-hybridized carbons (Fsp3) is 0.250. The molecule has 1 aliphatic rings. The molecular weight excluding hydrogens is 472 g/mol. The molecule has 1 N–H and O–H groups in total. The molecule has 1 aliphatic carbocycles. The van der Waals surface area contributed by atoms with Gasteiger partial charge in [0.15, 0.2) is 5.16 Å². The minimum atomic E-state index is -0.240. The molecule has 5 rings (SSSR count). The molecule has 3 aromatic heterocycles. The zero-order valence-electron chi connectivity index (χ0n) is 18.0. The second-order valence-corrected chi connectivity index (χ2v) is 10.7. The van der Waals surface area contributed by atoms with Gasteiger partial charge in [0.05, 0.1) is 22.5 Å². The van der Waals surface area contributed by atoms with E-state index >= 15 is 0 Å². The number of fused-ring (bicyclic) bond motifs is 3. The van der Waals surface area contributed by atoms with Gasteiger partial charge in [-0.25, -0.2) is 10.4 Å². The standard InChI is InChI=1S/C24H22N4O2S3/c1-15(18-12-7-13-31-18)26-27-20(29)14-32-24-25-22-21(17-10-5-6-11-19(17)33-22)23(30)28(24)16-8-3-2-4-9-16/h2-4,7-9,12-13H,5-6,10-11,14H2,1H3,(H,27,29). The summed E-state index contributed by atoms with van der Waals surface area (Å²) in [5, 5.41) is 7.43. The van der Waals surface area contributed by atoms with Gasteiger partial charge in [-0.1, -0.05) is 36.0 Å². The minimum absolute atomic E-state index is 0.0555. The third-order valence-electron chi connectivity index (χ3n) is 5.53. The van der Waals surface area contributed by atoms with Crippen LogP contribution in [0, 0.1) is 0 Å². The number of rotatable bonds is 6. The van der Waals surface area contributed by atoms with Crippen LogP contribution < -0.4 is 11.0 Å². The molecule has 0 radical (unpaired) electrons. The molecule has 6 nitrogen and oxygen atoms in total. The van der Waals surface area contributed by atoms with Gasteiger partial charge in [-0.2, -0.15) is 5.10 Å². The van der Waals surface area contributed by atoms with Gasteiger partial charge in [0.2, 0.25) is 0 Å². The van der Waals surface area contributed by atoms with Gasteiger partial charge >= 0.3 is 0 Å². The van der Waals surface area contributed by atoms with Crippen molar-refractivity contribution in [3.05, 3.63) is 73.5 Å². The minimum Gasteiger partial charge on any atom is -0.272 e. The van der Waals surface area contributed by atoms with Crippen molar-refractivity contribution in [2.45, 2.75) is 37.8 Å². The van der Waals surface area contributed by atoms with Gasteiger partial charge < -0.3 is 0 Å². The molecule has 33 heavy (non-hydrogen) atoms. The maximum absolute atomic E-state index is 13.7. The summed E-state index contributed by atoms with van der Waals surface area (Å²) in [6.07, 6.45) is 4.19. The normalized spacial score (nSPS) is 13.8. The van der Waals surface area contributed by atoms with E-state index in [9.17, 15) is 9.59 Å². The Kier molecular flexibility index (Phi) is 6.43. The van der Waals surface area contributed by atoms with Gasteiger partial charge in [0, 0.05) is 9.75 Å². The van der Waals surface area contributed by atoms with Crippen LogP contribution in [0.3, 0.4) is 0 Å². The van der Waals surface area contributed by atoms with Crippen LogP contribution in [0.15, 0.2) is 62.9 Å². The second kappa shape index (κ2) is 9.62. The molecule has 0 atom stereocenters. The van der Waals surface area contributed by atoms with Crippen molar-refractivity contribution in [1.82, 2.24) is 15.0 Å². The van der Waals surface area contributed by atoms with Crippen molar-refractivity contribution in [2.24, 2.45) is 5.10 Å². The van der Waals surface area contributed by atoms with E-state index in [0.29, 0.717) is 5.16 Å². The summed E-state index contributed by atoms with van der Waals surface area (Å²) in [6, 6.07) is 13.4. The molecule has 0 bridgehead atoms. The Hall–Kier alpha value is -2.75. The number of aromatic nitrogens is 2. The smallest absolute Gasteiger partial charge is 0.267 e. The summed E-state index contributed by atoms with van der Waals surface area (Å²) in [5.41, 5.74) is 5.23. The van der Waals surface area contributed by atoms with E-state index in [1.165, 1.54) is 16.6 Å². The molecule has 0 unspecified atom stereocenters. The number of hydrogen-bond donors (Lipinski definition) is 1. The predicted molar refractivity (Wildman–Crippen MR) is 137 cm³/mol. The Morgan fingerprint density at radius 2 is 2.00 bits per heavy atom. The first kappa shape index (κ1) is 22.1. The number of carbonyl (C=O) groups excluding carboxylic acids is 1. The maximum atomic E-state index is 13.7. The fourth-order valence-corrected chi connectivity index (χ4v) is 6.72. The van der Waals surface area contributed by atoms with E-state index in [0.717, 1.165) is 57.7 Å². The molecule has 0 spiro atoms. The van der Waals surface area contributed by atoms with Crippen LogP contribution in [0.25, 0.3) is 15.9 Å². The number of thioether (sulfide) groups is 1. The average Bonchev–Trinajstić information content (AvgIpc) is 3.50. The van der Waals surface area contributed by atoms with Gasteiger partial charge in [-0.15, -0.1) is 22.7 Å². The Labute approximate surface area is 203 Å². The SMILES string of the molecule is CC(=NNC(=O)CSc1nc2sc3c(c2c(=O)n1-c1ccccc1)CCCC3)c1cccs1. The first-order valence-electron chi connectivity index (χ1n) is 10.7. The summed E-state index contributed by atoms with van der Waals surface area (Å²) in [7, 11) is 0. The van der Waals surface area contributed by atoms with Gasteiger partial charge in [-0.05, 0) is 61.7 Å². The van der Waals surface area contributed by atoms with Crippen molar-refractivity contribution < 1.29 is 4.79 Å². The zero-order valence-corrected chi connectivity index (χ0v) is 20.5. The van der Waals surface area contributed by atoms with Crippen LogP contribution in [0.5, 0.6) is 0 Å². The van der Waals surface area contributed by atoms with Crippen LogP contribution in [-0.2, 0) is 17.6 Å². The van der Waals surface area contributed by atoms with Crippen LogP contribution in [0.4, 0.5) is 0 Å². The Morgan fingerprint density at radius 3 is 2.79 bits per heavy atom. The number of benzene rings is 1. The highest BCUT2D eigenvalue weighted by Crippen LogP contribution is 2.35. The lowest BCUT2D eigenvalue weighted by atomic mass is 9.97. The van der Waals surface area contributed by atoms with E-state index in [4.69, 9.17) is 4.98 Å². The summed E-state index contributed by atoms with van der Waals surface area (Å²) in [5.74, 6) is -0.132. The number of nitrogens with zero attached hydrogens (tertiary/aromatic N) is 3. The number of hydrogen-bond acceptors (Lipinski definition) is 7. The largest absolute Gasteiger partial charge is 0.272 e. The van der Waals surface area contributed by atoms with Crippen LogP contribution in [-0.4, -0.2) is 26.9 Å². The van der Waals surface area contributed by atoms with Crippen LogP contribution in [0.2, 0.25) is 0 Å². The highest BCUT2D eigenvalue weighted by molar-refractivity contribution is 7.99. The Balaban J connectivity index is 1.46. The highest BCUT2D eigenvalue weighted by Gasteiger charge is 2.23. The van der Waals surface area contributed by atoms with E-state index in [1.807, 2.05) is 54.8 Å². The number of aryl methyl sites for hydroxylation is 2. The van der Waals surface area contributed by atoms with Crippen molar-refractivity contribution >= 4 is 56.3 Å². The second-order valence-electron chi connectivity index (χ2n) is 7.76. The van der Waals surface area contributed by atoms with Crippen molar-refractivity contribution in [3.63, 3.8) is 0 Å². The lowest BCUT2D eigenvalue weighted by molar-refractivity contribution is -0.118. The molecule has 1 aromatic carbocycles. The van der Waals surface area contributed by atoms with E-state index in [-0.39, 0.29) is 17.2 Å². The number of nitrogens with one attached hydrogen (secondary N) is 1. The van der Waals surface area contributed by atoms with Crippen molar-refractivity contribution in [2.75, 3.05) is 5.75 Å².